The molecule has 24 heavy (non-hydrogen) atoms. The average molecular weight is 376 g/mol. The van der Waals surface area contributed by atoms with Crippen molar-refractivity contribution in [2.45, 2.75) is 23.8 Å². The molecular weight excluding hydrogens is 363 g/mol. The van der Waals surface area contributed by atoms with Crippen LogP contribution >= 0.6 is 11.6 Å². The number of hydrogen-bond acceptors (Lipinski definition) is 2. The summed E-state index contributed by atoms with van der Waals surface area (Å²) in [5, 5.41) is 0.503. The molecule has 2 aromatic rings. The van der Waals surface area contributed by atoms with Gasteiger partial charge in [-0.3, -0.25) is 0 Å². The topological polar surface area (TPSA) is 46.2 Å². The van der Waals surface area contributed by atoms with E-state index in [1.165, 1.54) is 0 Å². The van der Waals surface area contributed by atoms with Gasteiger partial charge in [0.25, 0.3) is 0 Å². The number of rotatable bonds is 5. The molecule has 1 N–H and O–H groups in total. The summed E-state index contributed by atoms with van der Waals surface area (Å²) >= 11 is 5.83. The molecule has 0 aromatic heterocycles. The van der Waals surface area contributed by atoms with Crippen LogP contribution in [0.5, 0.6) is 0 Å². The Morgan fingerprint density at radius 3 is 2.21 bits per heavy atom. The zero-order valence-electron chi connectivity index (χ0n) is 12.3. The lowest BCUT2D eigenvalue weighted by atomic mass is 10.0. The van der Waals surface area contributed by atoms with Gasteiger partial charge in [0.2, 0.25) is 10.0 Å². The molecule has 0 bridgehead atoms. The van der Waals surface area contributed by atoms with E-state index in [9.17, 15) is 21.6 Å². The molecule has 0 amide bonds. The van der Waals surface area contributed by atoms with Crippen LogP contribution in [0.25, 0.3) is 0 Å². The Bertz CT molecular complexity index is 868. The zero-order chi connectivity index (χ0) is 17.5. The maximum absolute atomic E-state index is 13.8. The fourth-order valence-corrected chi connectivity index (χ4v) is 3.97. The fraction of sp³-hybridized carbons (Fsp3) is 0.250. The molecule has 128 valence electrons. The number of benzene rings is 2. The third-order valence-corrected chi connectivity index (χ3v) is 5.60. The number of hydrogen-bond donors (Lipinski definition) is 1. The summed E-state index contributed by atoms with van der Waals surface area (Å²) in [6.07, 6.45) is 1.63. The van der Waals surface area contributed by atoms with Gasteiger partial charge < -0.3 is 0 Å². The van der Waals surface area contributed by atoms with E-state index in [1.807, 2.05) is 0 Å². The Kier molecular flexibility index (Phi) is 4.59. The highest BCUT2D eigenvalue weighted by Crippen LogP contribution is 2.42. The first-order chi connectivity index (χ1) is 11.3. The molecule has 0 saturated heterocycles. The average Bonchev–Trinajstić information content (AvgIpc) is 3.36. The van der Waals surface area contributed by atoms with Crippen molar-refractivity contribution in [2.75, 3.05) is 0 Å². The van der Waals surface area contributed by atoms with Crippen LogP contribution in [-0.2, 0) is 10.0 Å². The predicted molar refractivity (Wildman–Crippen MR) is 83.6 cm³/mol. The lowest BCUT2D eigenvalue weighted by Crippen LogP contribution is -2.31. The van der Waals surface area contributed by atoms with Gasteiger partial charge in [-0.05, 0) is 48.6 Å². The fourth-order valence-electron chi connectivity index (χ4n) is 2.48. The van der Waals surface area contributed by atoms with Crippen molar-refractivity contribution < 1.29 is 21.6 Å². The predicted octanol–water partition coefficient (Wildman–Crippen LogP) is 4.19. The van der Waals surface area contributed by atoms with Gasteiger partial charge in [-0.15, -0.1) is 0 Å². The Labute approximate surface area is 142 Å². The van der Waals surface area contributed by atoms with E-state index in [-0.39, 0.29) is 5.92 Å². The standard InChI is InChI=1S/C16H13ClF3NO2S/c17-11-5-3-10(4-6-11)16(9-1-2-9)21-24(22,23)13-8-7-12(18)14(19)15(13)20/h3-9,16,21H,1-2H2. The molecule has 2 aromatic carbocycles. The Balaban J connectivity index is 1.95. The lowest BCUT2D eigenvalue weighted by Gasteiger charge is -2.19. The van der Waals surface area contributed by atoms with Gasteiger partial charge in [0.05, 0.1) is 0 Å². The highest BCUT2D eigenvalue weighted by atomic mass is 35.5. The molecule has 1 unspecified atom stereocenters. The normalized spacial score (nSPS) is 16.2. The minimum Gasteiger partial charge on any atom is -0.207 e. The molecule has 3 rings (SSSR count). The molecule has 0 heterocycles. The van der Waals surface area contributed by atoms with Crippen molar-refractivity contribution in [2.24, 2.45) is 5.92 Å². The molecule has 1 fully saturated rings. The van der Waals surface area contributed by atoms with E-state index in [1.54, 1.807) is 24.3 Å². The largest absolute Gasteiger partial charge is 0.244 e. The summed E-state index contributed by atoms with van der Waals surface area (Å²) < 4.78 is 67.4. The second-order valence-electron chi connectivity index (χ2n) is 5.66. The number of halogens is 4. The molecule has 1 saturated carbocycles. The molecular formula is C16H13ClF3NO2S. The first kappa shape index (κ1) is 17.3. The van der Waals surface area contributed by atoms with E-state index >= 15 is 0 Å². The van der Waals surface area contributed by atoms with E-state index in [2.05, 4.69) is 4.72 Å². The zero-order valence-corrected chi connectivity index (χ0v) is 13.8. The van der Waals surface area contributed by atoms with E-state index in [0.717, 1.165) is 12.8 Å². The second kappa shape index (κ2) is 6.38. The Morgan fingerprint density at radius 1 is 1.00 bits per heavy atom. The molecule has 1 aliphatic carbocycles. The van der Waals surface area contributed by atoms with Gasteiger partial charge in [-0.25, -0.2) is 26.3 Å². The van der Waals surface area contributed by atoms with Crippen LogP contribution < -0.4 is 4.72 Å². The highest BCUT2D eigenvalue weighted by Gasteiger charge is 2.36. The third kappa shape index (κ3) is 3.43. The SMILES string of the molecule is O=S(=O)(NC(c1ccc(Cl)cc1)C1CC1)c1ccc(F)c(F)c1F. The van der Waals surface area contributed by atoms with Crippen LogP contribution in [0.2, 0.25) is 5.02 Å². The summed E-state index contributed by atoms with van der Waals surface area (Å²) in [6.45, 7) is 0. The van der Waals surface area contributed by atoms with Crippen molar-refractivity contribution in [3.05, 3.63) is 64.4 Å². The minimum atomic E-state index is -4.36. The lowest BCUT2D eigenvalue weighted by molar-refractivity contribution is 0.430. The monoisotopic (exact) mass is 375 g/mol. The summed E-state index contributed by atoms with van der Waals surface area (Å²) in [6, 6.07) is 7.31. The molecule has 8 heteroatoms. The van der Waals surface area contributed by atoms with Crippen molar-refractivity contribution in [1.29, 1.82) is 0 Å². The van der Waals surface area contributed by atoms with Crippen molar-refractivity contribution in [3.63, 3.8) is 0 Å². The van der Waals surface area contributed by atoms with Crippen LogP contribution in [-0.4, -0.2) is 8.42 Å². The first-order valence-electron chi connectivity index (χ1n) is 7.21. The van der Waals surface area contributed by atoms with Gasteiger partial charge in [0, 0.05) is 11.1 Å². The summed E-state index contributed by atoms with van der Waals surface area (Å²) in [5.74, 6) is -4.92. The molecule has 3 nitrogen and oxygen atoms in total. The number of sulfonamides is 1. The highest BCUT2D eigenvalue weighted by molar-refractivity contribution is 7.89. The molecule has 1 atom stereocenters. The van der Waals surface area contributed by atoms with Gasteiger partial charge in [-0.1, -0.05) is 23.7 Å². The van der Waals surface area contributed by atoms with Gasteiger partial charge in [-0.2, -0.15) is 0 Å². The minimum absolute atomic E-state index is 0.0642. The molecule has 1 aliphatic rings. The van der Waals surface area contributed by atoms with E-state index in [4.69, 9.17) is 11.6 Å². The van der Waals surface area contributed by atoms with Crippen LogP contribution in [0.1, 0.15) is 24.4 Å². The molecule has 0 spiro atoms. The van der Waals surface area contributed by atoms with E-state index in [0.29, 0.717) is 22.7 Å². The summed E-state index contributed by atoms with van der Waals surface area (Å²) in [4.78, 5) is -0.916. The smallest absolute Gasteiger partial charge is 0.207 e. The van der Waals surface area contributed by atoms with Crippen LogP contribution in [0, 0.1) is 23.4 Å². The maximum atomic E-state index is 13.8. The van der Waals surface area contributed by atoms with Crippen LogP contribution in [0.4, 0.5) is 13.2 Å². The van der Waals surface area contributed by atoms with Crippen molar-refractivity contribution >= 4 is 21.6 Å². The van der Waals surface area contributed by atoms with Gasteiger partial charge in [0.1, 0.15) is 4.90 Å². The molecule has 0 aliphatic heterocycles. The maximum Gasteiger partial charge on any atom is 0.244 e. The van der Waals surface area contributed by atoms with Crippen molar-refractivity contribution in [3.8, 4) is 0 Å². The second-order valence-corrected chi connectivity index (χ2v) is 7.78. The Hall–Kier alpha value is -1.57. The molecule has 0 radical (unpaired) electrons. The number of nitrogens with one attached hydrogen (secondary N) is 1. The van der Waals surface area contributed by atoms with Crippen molar-refractivity contribution in [1.82, 2.24) is 4.72 Å². The van der Waals surface area contributed by atoms with E-state index < -0.39 is 38.4 Å². The third-order valence-electron chi connectivity index (χ3n) is 3.89. The quantitative estimate of drug-likeness (QED) is 0.796. The van der Waals surface area contributed by atoms with Crippen LogP contribution in [0.3, 0.4) is 0 Å². The van der Waals surface area contributed by atoms with Gasteiger partial charge in [0.15, 0.2) is 17.5 Å². The Morgan fingerprint density at radius 2 is 1.62 bits per heavy atom. The summed E-state index contributed by atoms with van der Waals surface area (Å²) in [7, 11) is -4.36. The first-order valence-corrected chi connectivity index (χ1v) is 9.07. The van der Waals surface area contributed by atoms with Gasteiger partial charge >= 0.3 is 0 Å². The van der Waals surface area contributed by atoms with Crippen LogP contribution in [0.15, 0.2) is 41.3 Å². The summed E-state index contributed by atoms with van der Waals surface area (Å²) in [5.41, 5.74) is 0.675.